The Labute approximate surface area is 104 Å². The Morgan fingerprint density at radius 3 is 2.24 bits per heavy atom. The molecule has 0 radical (unpaired) electrons. The van der Waals surface area contributed by atoms with Gasteiger partial charge in [-0.2, -0.15) is 0 Å². The van der Waals surface area contributed by atoms with Gasteiger partial charge in [-0.25, -0.2) is 5.01 Å². The van der Waals surface area contributed by atoms with Gasteiger partial charge in [0.15, 0.2) is 0 Å². The highest BCUT2D eigenvalue weighted by Crippen LogP contribution is 2.28. The molecule has 17 heavy (non-hydrogen) atoms. The molecule has 1 aliphatic carbocycles. The summed E-state index contributed by atoms with van der Waals surface area (Å²) in [5.74, 6) is 0.726. The Hall–Kier alpha value is -0.610. The maximum Gasteiger partial charge on any atom is 0.240 e. The first-order valence-corrected chi connectivity index (χ1v) is 7.13. The third kappa shape index (κ3) is 2.33. The third-order valence-electron chi connectivity index (χ3n) is 4.43. The zero-order valence-electron chi connectivity index (χ0n) is 10.6. The molecule has 1 amide bonds. The summed E-state index contributed by atoms with van der Waals surface area (Å²) < 4.78 is 0. The van der Waals surface area contributed by atoms with Gasteiger partial charge < -0.3 is 0 Å². The van der Waals surface area contributed by atoms with Crippen molar-refractivity contribution in [3.05, 3.63) is 0 Å². The van der Waals surface area contributed by atoms with Crippen molar-refractivity contribution < 1.29 is 4.79 Å². The molecule has 2 heterocycles. The maximum atomic E-state index is 12.3. The van der Waals surface area contributed by atoms with E-state index >= 15 is 0 Å². The second-order valence-electron chi connectivity index (χ2n) is 5.64. The van der Waals surface area contributed by atoms with Gasteiger partial charge in [-0.3, -0.25) is 14.7 Å². The minimum absolute atomic E-state index is 0.330. The predicted molar refractivity (Wildman–Crippen MR) is 66.1 cm³/mol. The van der Waals surface area contributed by atoms with Crippen LogP contribution in [0.15, 0.2) is 0 Å². The number of carbonyl (C=O) groups excluding carboxylic acids is 1. The Balaban J connectivity index is 1.51. The fourth-order valence-electron chi connectivity index (χ4n) is 3.28. The first-order valence-electron chi connectivity index (χ1n) is 7.13. The van der Waals surface area contributed by atoms with E-state index < -0.39 is 0 Å². The highest BCUT2D eigenvalue weighted by molar-refractivity contribution is 5.79. The molecule has 0 spiro atoms. The van der Waals surface area contributed by atoms with E-state index in [1.54, 1.807) is 0 Å². The van der Waals surface area contributed by atoms with Crippen molar-refractivity contribution in [1.82, 2.24) is 14.9 Å². The molecule has 0 N–H and O–H groups in total. The molecular formula is C13H23N3O. The van der Waals surface area contributed by atoms with E-state index in [4.69, 9.17) is 0 Å². The quantitative estimate of drug-likeness (QED) is 0.740. The molecule has 4 nitrogen and oxygen atoms in total. The molecule has 4 heteroatoms. The number of carbonyl (C=O) groups is 1. The van der Waals surface area contributed by atoms with Crippen molar-refractivity contribution in [2.45, 2.75) is 38.5 Å². The van der Waals surface area contributed by atoms with Crippen LogP contribution in [0.2, 0.25) is 0 Å². The molecule has 0 unspecified atom stereocenters. The van der Waals surface area contributed by atoms with E-state index in [0.29, 0.717) is 11.8 Å². The lowest BCUT2D eigenvalue weighted by Gasteiger charge is -2.46. The van der Waals surface area contributed by atoms with Crippen LogP contribution in [0.25, 0.3) is 0 Å². The first kappa shape index (κ1) is 11.5. The Bertz CT molecular complexity index is 282. The fourth-order valence-corrected chi connectivity index (χ4v) is 3.28. The average Bonchev–Trinajstić information content (AvgIpc) is 2.97. The summed E-state index contributed by atoms with van der Waals surface area (Å²) in [4.78, 5) is 14.7. The van der Waals surface area contributed by atoms with Crippen LogP contribution in [-0.4, -0.2) is 53.7 Å². The third-order valence-corrected chi connectivity index (χ3v) is 4.43. The number of hydrazine groups is 1. The van der Waals surface area contributed by atoms with Gasteiger partial charge >= 0.3 is 0 Å². The summed E-state index contributed by atoms with van der Waals surface area (Å²) in [7, 11) is 0. The fraction of sp³-hybridized carbons (Fsp3) is 0.923. The molecule has 2 saturated heterocycles. The van der Waals surface area contributed by atoms with Crippen LogP contribution >= 0.6 is 0 Å². The molecule has 1 saturated carbocycles. The van der Waals surface area contributed by atoms with Gasteiger partial charge in [-0.1, -0.05) is 12.8 Å². The predicted octanol–water partition coefficient (Wildman–Crippen LogP) is 1.29. The van der Waals surface area contributed by atoms with Crippen molar-refractivity contribution in [2.75, 3.05) is 32.8 Å². The van der Waals surface area contributed by atoms with Gasteiger partial charge in [-0.15, -0.1) is 0 Å². The monoisotopic (exact) mass is 237 g/mol. The van der Waals surface area contributed by atoms with Gasteiger partial charge in [0.05, 0.1) is 13.2 Å². The number of rotatable bonds is 3. The highest BCUT2D eigenvalue weighted by Gasteiger charge is 2.36. The molecule has 0 bridgehead atoms. The SMILES string of the molecule is O=C(C1CCCC1)N1CCN1CN1CCCC1. The molecule has 0 atom stereocenters. The molecule has 3 rings (SSSR count). The van der Waals surface area contributed by atoms with Crippen LogP contribution < -0.4 is 0 Å². The van der Waals surface area contributed by atoms with Crippen molar-refractivity contribution >= 4 is 5.91 Å². The van der Waals surface area contributed by atoms with Crippen LogP contribution in [0.3, 0.4) is 0 Å². The van der Waals surface area contributed by atoms with Crippen molar-refractivity contribution in [1.29, 1.82) is 0 Å². The molecule has 0 aromatic carbocycles. The second kappa shape index (κ2) is 4.94. The molecule has 3 aliphatic rings. The number of hydrogen-bond acceptors (Lipinski definition) is 3. The summed E-state index contributed by atoms with van der Waals surface area (Å²) in [5, 5.41) is 4.25. The van der Waals surface area contributed by atoms with E-state index in [1.165, 1.54) is 38.8 Å². The summed E-state index contributed by atoms with van der Waals surface area (Å²) in [6.45, 7) is 5.40. The van der Waals surface area contributed by atoms with Gasteiger partial charge in [-0.05, 0) is 38.8 Å². The molecule has 0 aromatic rings. The summed E-state index contributed by atoms with van der Waals surface area (Å²) in [6.07, 6.45) is 7.38. The van der Waals surface area contributed by atoms with Gasteiger partial charge in [0.25, 0.3) is 0 Å². The van der Waals surface area contributed by atoms with E-state index in [1.807, 2.05) is 5.01 Å². The second-order valence-corrected chi connectivity index (χ2v) is 5.64. The van der Waals surface area contributed by atoms with Crippen molar-refractivity contribution in [3.63, 3.8) is 0 Å². The Morgan fingerprint density at radius 1 is 0.941 bits per heavy atom. The van der Waals surface area contributed by atoms with E-state index in [0.717, 1.165) is 32.6 Å². The lowest BCUT2D eigenvalue weighted by atomic mass is 10.1. The van der Waals surface area contributed by atoms with E-state index in [2.05, 4.69) is 9.91 Å². The molecule has 2 aliphatic heterocycles. The van der Waals surface area contributed by atoms with Crippen LogP contribution in [0.5, 0.6) is 0 Å². The van der Waals surface area contributed by atoms with Crippen LogP contribution in [0.1, 0.15) is 38.5 Å². The molecular weight excluding hydrogens is 214 g/mol. The normalized spacial score (nSPS) is 27.6. The smallest absolute Gasteiger partial charge is 0.240 e. The minimum atomic E-state index is 0.330. The topological polar surface area (TPSA) is 26.8 Å². The average molecular weight is 237 g/mol. The maximum absolute atomic E-state index is 12.3. The van der Waals surface area contributed by atoms with Crippen molar-refractivity contribution in [3.8, 4) is 0 Å². The van der Waals surface area contributed by atoms with E-state index in [9.17, 15) is 4.79 Å². The lowest BCUT2D eigenvalue weighted by Crippen LogP contribution is -2.63. The number of amides is 1. The van der Waals surface area contributed by atoms with E-state index in [-0.39, 0.29) is 0 Å². The number of nitrogens with zero attached hydrogens (tertiary/aromatic N) is 3. The first-order chi connectivity index (χ1) is 8.34. The zero-order valence-corrected chi connectivity index (χ0v) is 10.6. The Kier molecular flexibility index (Phi) is 3.34. The minimum Gasteiger partial charge on any atom is -0.289 e. The van der Waals surface area contributed by atoms with Crippen molar-refractivity contribution in [2.24, 2.45) is 5.92 Å². The van der Waals surface area contributed by atoms with Crippen LogP contribution in [-0.2, 0) is 4.79 Å². The largest absolute Gasteiger partial charge is 0.289 e. The van der Waals surface area contributed by atoms with Gasteiger partial charge in [0, 0.05) is 12.5 Å². The highest BCUT2D eigenvalue weighted by atomic mass is 16.2. The molecule has 3 fully saturated rings. The lowest BCUT2D eigenvalue weighted by molar-refractivity contribution is -0.180. The Morgan fingerprint density at radius 2 is 1.65 bits per heavy atom. The molecule has 0 aromatic heterocycles. The summed E-state index contributed by atoms with van der Waals surface area (Å²) in [5.41, 5.74) is 0. The molecule has 96 valence electrons. The van der Waals surface area contributed by atoms with Crippen LogP contribution in [0.4, 0.5) is 0 Å². The summed E-state index contributed by atoms with van der Waals surface area (Å²) >= 11 is 0. The van der Waals surface area contributed by atoms with Crippen LogP contribution in [0, 0.1) is 5.92 Å². The number of likely N-dealkylation sites (tertiary alicyclic amines) is 1. The standard InChI is InChI=1S/C13H23N3O/c17-13(12-5-1-2-6-12)16-10-9-15(16)11-14-7-3-4-8-14/h12H,1-11H2. The zero-order chi connectivity index (χ0) is 11.7. The summed E-state index contributed by atoms with van der Waals surface area (Å²) in [6, 6.07) is 0. The van der Waals surface area contributed by atoms with Gasteiger partial charge in [0.1, 0.15) is 0 Å². The van der Waals surface area contributed by atoms with Gasteiger partial charge in [0.2, 0.25) is 5.91 Å². The number of hydrogen-bond donors (Lipinski definition) is 0.